The number of aliphatic hydroxyl groups excluding tert-OH is 1. The fraction of sp³-hybridized carbons (Fsp3) is 0.667. The fourth-order valence-electron chi connectivity index (χ4n) is 1.89. The zero-order valence-corrected chi connectivity index (χ0v) is 9.25. The Morgan fingerprint density at radius 2 is 2.13 bits per heavy atom. The lowest BCUT2D eigenvalue weighted by Gasteiger charge is -2.12. The molecule has 0 atom stereocenters. The first kappa shape index (κ1) is 10.7. The Labute approximate surface area is 90.5 Å². The van der Waals surface area contributed by atoms with Crippen molar-refractivity contribution in [3.8, 4) is 0 Å². The molecule has 84 valence electrons. The van der Waals surface area contributed by atoms with Gasteiger partial charge in [0.15, 0.2) is 0 Å². The number of nitrogens with one attached hydrogen (secondary N) is 1. The summed E-state index contributed by atoms with van der Waals surface area (Å²) >= 11 is 0. The molecule has 0 aliphatic heterocycles. The van der Waals surface area contributed by atoms with Crippen LogP contribution in [-0.4, -0.2) is 11.7 Å². The standard InChI is InChI=1S/C12H19NO2/c1-2-12(5-6-12)9-13-7-10-3-4-11(8-14)15-10/h3-4,13-14H,2,5-9H2,1H3. The van der Waals surface area contributed by atoms with Crippen LogP contribution in [0.3, 0.4) is 0 Å². The van der Waals surface area contributed by atoms with E-state index in [0.717, 1.165) is 18.8 Å². The van der Waals surface area contributed by atoms with E-state index in [2.05, 4.69) is 12.2 Å². The largest absolute Gasteiger partial charge is 0.462 e. The molecule has 0 spiro atoms. The molecule has 1 aliphatic rings. The minimum absolute atomic E-state index is 0.0150. The lowest BCUT2D eigenvalue weighted by atomic mass is 10.0. The quantitative estimate of drug-likeness (QED) is 0.753. The highest BCUT2D eigenvalue weighted by Crippen LogP contribution is 2.47. The molecule has 3 nitrogen and oxygen atoms in total. The molecular weight excluding hydrogens is 190 g/mol. The van der Waals surface area contributed by atoms with Gasteiger partial charge in [0.1, 0.15) is 18.1 Å². The molecule has 2 rings (SSSR count). The Morgan fingerprint density at radius 3 is 2.67 bits per heavy atom. The smallest absolute Gasteiger partial charge is 0.129 e. The van der Waals surface area contributed by atoms with E-state index in [0.29, 0.717) is 11.2 Å². The van der Waals surface area contributed by atoms with Crippen LogP contribution in [0.15, 0.2) is 16.5 Å². The molecule has 2 N–H and O–H groups in total. The van der Waals surface area contributed by atoms with Gasteiger partial charge in [-0.2, -0.15) is 0 Å². The van der Waals surface area contributed by atoms with Crippen LogP contribution >= 0.6 is 0 Å². The van der Waals surface area contributed by atoms with Crippen LogP contribution in [0.25, 0.3) is 0 Å². The highest BCUT2D eigenvalue weighted by Gasteiger charge is 2.39. The average molecular weight is 209 g/mol. The lowest BCUT2D eigenvalue weighted by molar-refractivity contribution is 0.242. The second kappa shape index (κ2) is 4.37. The highest BCUT2D eigenvalue weighted by atomic mass is 16.4. The predicted octanol–water partition coefficient (Wildman–Crippen LogP) is 2.05. The Bertz CT molecular complexity index is 315. The van der Waals surface area contributed by atoms with E-state index in [1.807, 2.05) is 12.1 Å². The molecule has 0 radical (unpaired) electrons. The summed E-state index contributed by atoms with van der Waals surface area (Å²) in [5, 5.41) is 12.3. The van der Waals surface area contributed by atoms with Crippen molar-refractivity contribution in [2.75, 3.05) is 6.54 Å². The van der Waals surface area contributed by atoms with Crippen LogP contribution in [0.1, 0.15) is 37.7 Å². The van der Waals surface area contributed by atoms with Gasteiger partial charge in [-0.05, 0) is 36.8 Å². The van der Waals surface area contributed by atoms with E-state index in [4.69, 9.17) is 9.52 Å². The molecule has 0 aromatic carbocycles. The minimum atomic E-state index is -0.0150. The van der Waals surface area contributed by atoms with E-state index < -0.39 is 0 Å². The molecule has 3 heteroatoms. The monoisotopic (exact) mass is 209 g/mol. The summed E-state index contributed by atoms with van der Waals surface area (Å²) in [6, 6.07) is 3.74. The summed E-state index contributed by atoms with van der Waals surface area (Å²) in [7, 11) is 0. The van der Waals surface area contributed by atoms with Crippen LogP contribution in [0.2, 0.25) is 0 Å². The topological polar surface area (TPSA) is 45.4 Å². The second-order valence-corrected chi connectivity index (χ2v) is 4.48. The SMILES string of the molecule is CCC1(CNCc2ccc(CO)o2)CC1. The third kappa shape index (κ3) is 2.61. The molecule has 15 heavy (non-hydrogen) atoms. The number of rotatable bonds is 6. The van der Waals surface area contributed by atoms with Crippen LogP contribution in [0.5, 0.6) is 0 Å². The summed E-state index contributed by atoms with van der Waals surface area (Å²) in [6.07, 6.45) is 3.98. The van der Waals surface area contributed by atoms with E-state index in [1.54, 1.807) is 0 Å². The van der Waals surface area contributed by atoms with Gasteiger partial charge in [0.2, 0.25) is 0 Å². The van der Waals surface area contributed by atoms with Crippen LogP contribution in [-0.2, 0) is 13.2 Å². The molecule has 0 unspecified atom stereocenters. The summed E-state index contributed by atoms with van der Waals surface area (Å²) in [5.41, 5.74) is 0.576. The van der Waals surface area contributed by atoms with Gasteiger partial charge in [0.25, 0.3) is 0 Å². The number of hydrogen-bond acceptors (Lipinski definition) is 3. The Morgan fingerprint density at radius 1 is 1.40 bits per heavy atom. The Kier molecular flexibility index (Phi) is 3.12. The molecule has 1 fully saturated rings. The molecule has 0 bridgehead atoms. The normalized spacial score (nSPS) is 18.0. The maximum Gasteiger partial charge on any atom is 0.129 e. The first-order valence-corrected chi connectivity index (χ1v) is 5.67. The van der Waals surface area contributed by atoms with Gasteiger partial charge in [0, 0.05) is 6.54 Å². The minimum Gasteiger partial charge on any atom is -0.462 e. The zero-order valence-electron chi connectivity index (χ0n) is 9.25. The van der Waals surface area contributed by atoms with Gasteiger partial charge in [-0.15, -0.1) is 0 Å². The molecule has 1 saturated carbocycles. The van der Waals surface area contributed by atoms with Crippen LogP contribution < -0.4 is 5.32 Å². The molecular formula is C12H19NO2. The van der Waals surface area contributed by atoms with Crippen molar-refractivity contribution in [3.63, 3.8) is 0 Å². The van der Waals surface area contributed by atoms with Crippen molar-refractivity contribution in [1.82, 2.24) is 5.32 Å². The number of hydrogen-bond donors (Lipinski definition) is 2. The number of aliphatic hydroxyl groups is 1. The first-order valence-electron chi connectivity index (χ1n) is 5.67. The van der Waals surface area contributed by atoms with Crippen LogP contribution in [0, 0.1) is 5.41 Å². The van der Waals surface area contributed by atoms with Gasteiger partial charge in [-0.1, -0.05) is 6.92 Å². The van der Waals surface area contributed by atoms with Gasteiger partial charge in [-0.3, -0.25) is 0 Å². The molecule has 1 aromatic heterocycles. The molecule has 1 heterocycles. The van der Waals surface area contributed by atoms with E-state index >= 15 is 0 Å². The zero-order chi connectivity index (χ0) is 10.7. The van der Waals surface area contributed by atoms with Crippen molar-refractivity contribution in [3.05, 3.63) is 23.7 Å². The summed E-state index contributed by atoms with van der Waals surface area (Å²) < 4.78 is 5.39. The fourth-order valence-corrected chi connectivity index (χ4v) is 1.89. The van der Waals surface area contributed by atoms with Crippen molar-refractivity contribution in [1.29, 1.82) is 0 Å². The maximum atomic E-state index is 8.84. The van der Waals surface area contributed by atoms with E-state index in [1.165, 1.54) is 19.3 Å². The van der Waals surface area contributed by atoms with Crippen LogP contribution in [0.4, 0.5) is 0 Å². The van der Waals surface area contributed by atoms with Gasteiger partial charge in [0.05, 0.1) is 6.54 Å². The second-order valence-electron chi connectivity index (χ2n) is 4.48. The summed E-state index contributed by atoms with van der Waals surface area (Å²) in [4.78, 5) is 0. The Hall–Kier alpha value is -0.800. The van der Waals surface area contributed by atoms with Crippen molar-refractivity contribution in [2.24, 2.45) is 5.41 Å². The maximum absolute atomic E-state index is 8.84. The van der Waals surface area contributed by atoms with Gasteiger partial charge < -0.3 is 14.8 Å². The third-order valence-electron chi connectivity index (χ3n) is 3.38. The van der Waals surface area contributed by atoms with Gasteiger partial charge >= 0.3 is 0 Å². The molecule has 1 aliphatic carbocycles. The lowest BCUT2D eigenvalue weighted by Crippen LogP contribution is -2.22. The number of furan rings is 1. The third-order valence-corrected chi connectivity index (χ3v) is 3.38. The average Bonchev–Trinajstić information content (AvgIpc) is 2.89. The van der Waals surface area contributed by atoms with Gasteiger partial charge in [-0.25, -0.2) is 0 Å². The molecule has 0 amide bonds. The van der Waals surface area contributed by atoms with Crippen molar-refractivity contribution in [2.45, 2.75) is 39.3 Å². The summed E-state index contributed by atoms with van der Waals surface area (Å²) in [6.45, 7) is 4.09. The molecule has 0 saturated heterocycles. The highest BCUT2D eigenvalue weighted by molar-refractivity contribution is 5.06. The van der Waals surface area contributed by atoms with Crippen molar-refractivity contribution < 1.29 is 9.52 Å². The van der Waals surface area contributed by atoms with E-state index in [-0.39, 0.29) is 6.61 Å². The van der Waals surface area contributed by atoms with E-state index in [9.17, 15) is 0 Å². The molecule has 1 aromatic rings. The Balaban J connectivity index is 1.73. The predicted molar refractivity (Wildman–Crippen MR) is 58.3 cm³/mol. The first-order chi connectivity index (χ1) is 7.28. The van der Waals surface area contributed by atoms with Crippen molar-refractivity contribution >= 4 is 0 Å². The summed E-state index contributed by atoms with van der Waals surface area (Å²) in [5.74, 6) is 1.55.